The van der Waals surface area contributed by atoms with Gasteiger partial charge in [-0.2, -0.15) is 0 Å². The molecule has 0 radical (unpaired) electrons. The number of rotatable bonds is 3. The van der Waals surface area contributed by atoms with Gasteiger partial charge in [-0.15, -0.1) is 0 Å². The van der Waals surface area contributed by atoms with Gasteiger partial charge in [0.05, 0.1) is 13.3 Å². The van der Waals surface area contributed by atoms with Crippen LogP contribution in [0.4, 0.5) is 0 Å². The summed E-state index contributed by atoms with van der Waals surface area (Å²) in [5.74, 6) is -0.390. The van der Waals surface area contributed by atoms with Crippen molar-refractivity contribution in [3.05, 3.63) is 30.1 Å². The molecule has 6 heteroatoms. The van der Waals surface area contributed by atoms with Crippen LogP contribution in [0.3, 0.4) is 0 Å². The highest BCUT2D eigenvalue weighted by Crippen LogP contribution is 2.29. The molecule has 2 aromatic rings. The number of methoxy groups -OCH3 is 1. The minimum Gasteiger partial charge on any atom is -0.504 e. The summed E-state index contributed by atoms with van der Waals surface area (Å²) in [4.78, 5) is 17.2. The molecule has 88 valence electrons. The fourth-order valence-corrected chi connectivity index (χ4v) is 1.41. The van der Waals surface area contributed by atoms with Gasteiger partial charge in [-0.1, -0.05) is 0 Å². The molecule has 0 aliphatic carbocycles. The summed E-state index contributed by atoms with van der Waals surface area (Å²) in [5, 5.41) is 18.3. The fourth-order valence-electron chi connectivity index (χ4n) is 1.41. The first-order chi connectivity index (χ1) is 8.11. The highest BCUT2D eigenvalue weighted by Gasteiger charge is 2.10. The molecule has 3 N–H and O–H groups in total. The third kappa shape index (κ3) is 2.05. The molecule has 0 fully saturated rings. The van der Waals surface area contributed by atoms with Crippen LogP contribution in [0.5, 0.6) is 11.5 Å². The number of aromatic nitrogens is 2. The van der Waals surface area contributed by atoms with Crippen LogP contribution in [0, 0.1) is 0 Å². The predicted octanol–water partition coefficient (Wildman–Crippen LogP) is 1.49. The number of aromatic carboxylic acids is 1. The monoisotopic (exact) mass is 234 g/mol. The second-order valence-corrected chi connectivity index (χ2v) is 3.34. The quantitative estimate of drug-likeness (QED) is 0.747. The standard InChI is InChI=1S/C11H10N2O4/c1-17-9-3-2-6(4-8(9)14)10-12-5-7(13-10)11(15)16/h2-5,14H,1H3,(H,12,13)(H,15,16). The van der Waals surface area contributed by atoms with Gasteiger partial charge >= 0.3 is 5.97 Å². The highest BCUT2D eigenvalue weighted by atomic mass is 16.5. The predicted molar refractivity (Wildman–Crippen MR) is 59.2 cm³/mol. The molecule has 0 aliphatic rings. The first-order valence-electron chi connectivity index (χ1n) is 4.77. The average Bonchev–Trinajstić information content (AvgIpc) is 2.78. The molecular weight excluding hydrogens is 224 g/mol. The van der Waals surface area contributed by atoms with Gasteiger partial charge in [0.25, 0.3) is 0 Å². The molecule has 1 heterocycles. The van der Waals surface area contributed by atoms with E-state index in [1.165, 1.54) is 19.4 Å². The lowest BCUT2D eigenvalue weighted by Gasteiger charge is -2.04. The molecule has 0 saturated heterocycles. The van der Waals surface area contributed by atoms with E-state index in [1.807, 2.05) is 0 Å². The van der Waals surface area contributed by atoms with Crippen LogP contribution in [0.15, 0.2) is 24.4 Å². The topological polar surface area (TPSA) is 95.4 Å². The Labute approximate surface area is 96.5 Å². The molecule has 0 atom stereocenters. The Kier molecular flexibility index (Phi) is 2.70. The molecule has 0 amide bonds. The number of hydrogen-bond donors (Lipinski definition) is 3. The third-order valence-electron chi connectivity index (χ3n) is 2.26. The van der Waals surface area contributed by atoms with Gasteiger partial charge in [-0.3, -0.25) is 0 Å². The van der Waals surface area contributed by atoms with Crippen LogP contribution in [0.1, 0.15) is 10.5 Å². The molecule has 1 aromatic carbocycles. The zero-order valence-corrected chi connectivity index (χ0v) is 8.97. The van der Waals surface area contributed by atoms with E-state index < -0.39 is 5.97 Å². The first-order valence-corrected chi connectivity index (χ1v) is 4.77. The van der Waals surface area contributed by atoms with Crippen molar-refractivity contribution in [3.63, 3.8) is 0 Å². The van der Waals surface area contributed by atoms with Gasteiger partial charge in [-0.25, -0.2) is 9.78 Å². The van der Waals surface area contributed by atoms with E-state index in [2.05, 4.69) is 9.97 Å². The molecule has 0 unspecified atom stereocenters. The number of ether oxygens (including phenoxy) is 1. The van der Waals surface area contributed by atoms with Crippen LogP contribution in [0.25, 0.3) is 11.4 Å². The summed E-state index contributed by atoms with van der Waals surface area (Å²) in [7, 11) is 1.45. The van der Waals surface area contributed by atoms with Crippen molar-refractivity contribution in [1.82, 2.24) is 9.97 Å². The van der Waals surface area contributed by atoms with Gasteiger partial charge in [-0.05, 0) is 18.2 Å². The van der Waals surface area contributed by atoms with Gasteiger partial charge in [0.1, 0.15) is 11.5 Å². The van der Waals surface area contributed by atoms with Crippen LogP contribution in [-0.4, -0.2) is 33.3 Å². The summed E-state index contributed by atoms with van der Waals surface area (Å²) in [6.45, 7) is 0. The van der Waals surface area contributed by atoms with Crippen LogP contribution >= 0.6 is 0 Å². The summed E-state index contributed by atoms with van der Waals surface area (Å²) in [5.41, 5.74) is 0.575. The van der Waals surface area contributed by atoms with Gasteiger partial charge in [0.2, 0.25) is 0 Å². The normalized spacial score (nSPS) is 10.2. The summed E-state index contributed by atoms with van der Waals surface area (Å²) in [6.07, 6.45) is 1.22. The number of carbonyl (C=O) groups is 1. The molecule has 6 nitrogen and oxygen atoms in total. The third-order valence-corrected chi connectivity index (χ3v) is 2.26. The molecule has 2 rings (SSSR count). The maximum Gasteiger partial charge on any atom is 0.353 e. The summed E-state index contributed by atoms with van der Waals surface area (Å²) < 4.78 is 4.90. The van der Waals surface area contributed by atoms with Crippen molar-refractivity contribution in [3.8, 4) is 22.9 Å². The number of H-pyrrole nitrogens is 1. The van der Waals surface area contributed by atoms with E-state index in [1.54, 1.807) is 12.1 Å². The fraction of sp³-hybridized carbons (Fsp3) is 0.0909. The SMILES string of the molecule is COc1ccc(-c2ncc(C(=O)O)[nH]2)cc1O. The maximum atomic E-state index is 10.7. The largest absolute Gasteiger partial charge is 0.504 e. The number of carboxylic acids is 1. The lowest BCUT2D eigenvalue weighted by Crippen LogP contribution is -1.95. The molecule has 0 spiro atoms. The number of phenolic OH excluding ortho intramolecular Hbond substituents is 1. The lowest BCUT2D eigenvalue weighted by atomic mass is 10.2. The number of nitrogens with zero attached hydrogens (tertiary/aromatic N) is 1. The van der Waals surface area contributed by atoms with E-state index in [4.69, 9.17) is 9.84 Å². The number of imidazole rings is 1. The molecular formula is C11H10N2O4. The smallest absolute Gasteiger partial charge is 0.353 e. The lowest BCUT2D eigenvalue weighted by molar-refractivity contribution is 0.0691. The summed E-state index contributed by atoms with van der Waals surface area (Å²) in [6, 6.07) is 4.69. The Hall–Kier alpha value is -2.50. The number of hydrogen-bond acceptors (Lipinski definition) is 4. The number of benzene rings is 1. The zero-order valence-electron chi connectivity index (χ0n) is 8.97. The van der Waals surface area contributed by atoms with Crippen molar-refractivity contribution >= 4 is 5.97 Å². The minimum absolute atomic E-state index is 0.00434. The Balaban J connectivity index is 2.39. The van der Waals surface area contributed by atoms with Crippen molar-refractivity contribution in [2.45, 2.75) is 0 Å². The van der Waals surface area contributed by atoms with E-state index in [-0.39, 0.29) is 11.4 Å². The second kappa shape index (κ2) is 4.17. The Morgan fingerprint density at radius 3 is 2.76 bits per heavy atom. The van der Waals surface area contributed by atoms with Crippen LogP contribution in [-0.2, 0) is 0 Å². The first kappa shape index (κ1) is 11.0. The number of phenols is 1. The summed E-state index contributed by atoms with van der Waals surface area (Å²) >= 11 is 0. The molecule has 1 aromatic heterocycles. The zero-order chi connectivity index (χ0) is 12.4. The van der Waals surface area contributed by atoms with E-state index in [0.717, 1.165) is 0 Å². The minimum atomic E-state index is -1.08. The van der Waals surface area contributed by atoms with Crippen molar-refractivity contribution in [2.24, 2.45) is 0 Å². The maximum absolute atomic E-state index is 10.7. The van der Waals surface area contributed by atoms with Gasteiger partial charge < -0.3 is 19.9 Å². The highest BCUT2D eigenvalue weighted by molar-refractivity contribution is 5.85. The Bertz CT molecular complexity index is 562. The van der Waals surface area contributed by atoms with Crippen LogP contribution < -0.4 is 4.74 Å². The number of carboxylic acid groups (broad SMARTS) is 1. The Morgan fingerprint density at radius 2 is 2.24 bits per heavy atom. The Morgan fingerprint density at radius 1 is 1.47 bits per heavy atom. The number of aromatic hydroxyl groups is 1. The van der Waals surface area contributed by atoms with E-state index in [9.17, 15) is 9.90 Å². The van der Waals surface area contributed by atoms with Crippen molar-refractivity contribution in [2.75, 3.05) is 7.11 Å². The number of aromatic amines is 1. The number of nitrogens with one attached hydrogen (secondary N) is 1. The van der Waals surface area contributed by atoms with Crippen LogP contribution in [0.2, 0.25) is 0 Å². The van der Waals surface area contributed by atoms with E-state index in [0.29, 0.717) is 17.1 Å². The molecule has 17 heavy (non-hydrogen) atoms. The van der Waals surface area contributed by atoms with Crippen molar-refractivity contribution < 1.29 is 19.7 Å². The van der Waals surface area contributed by atoms with Gasteiger partial charge in [0.15, 0.2) is 11.5 Å². The molecule has 0 saturated carbocycles. The van der Waals surface area contributed by atoms with Gasteiger partial charge in [0, 0.05) is 5.56 Å². The van der Waals surface area contributed by atoms with Crippen molar-refractivity contribution in [1.29, 1.82) is 0 Å². The second-order valence-electron chi connectivity index (χ2n) is 3.34. The average molecular weight is 234 g/mol. The molecule has 0 aliphatic heterocycles. The molecule has 0 bridgehead atoms. The van der Waals surface area contributed by atoms with E-state index >= 15 is 0 Å².